The van der Waals surface area contributed by atoms with Crippen LogP contribution in [0.1, 0.15) is 29.7 Å². The van der Waals surface area contributed by atoms with E-state index < -0.39 is 17.5 Å². The van der Waals surface area contributed by atoms with Gasteiger partial charge < -0.3 is 15.2 Å². The lowest BCUT2D eigenvalue weighted by molar-refractivity contribution is -0.143. The molecule has 5 heteroatoms. The molecular formula is C20H21NO4. The molecule has 0 fully saturated rings. The zero-order valence-corrected chi connectivity index (χ0v) is 14.1. The Morgan fingerprint density at radius 2 is 1.84 bits per heavy atom. The Morgan fingerprint density at radius 1 is 1.16 bits per heavy atom. The van der Waals surface area contributed by atoms with E-state index in [2.05, 4.69) is 5.32 Å². The van der Waals surface area contributed by atoms with Crippen molar-refractivity contribution in [3.8, 4) is 0 Å². The fourth-order valence-electron chi connectivity index (χ4n) is 3.07. The number of carboxylic acids is 1. The van der Waals surface area contributed by atoms with Crippen molar-refractivity contribution >= 4 is 11.9 Å². The number of nitrogens with one attached hydrogen (secondary N) is 1. The monoisotopic (exact) mass is 339 g/mol. The predicted molar refractivity (Wildman–Crippen MR) is 93.3 cm³/mol. The molecule has 0 bridgehead atoms. The summed E-state index contributed by atoms with van der Waals surface area (Å²) in [5.74, 6) is -1.29. The average Bonchev–Trinajstić information content (AvgIpc) is 2.66. The van der Waals surface area contributed by atoms with Crippen LogP contribution < -0.4 is 5.32 Å². The molecule has 1 aliphatic rings. The quantitative estimate of drug-likeness (QED) is 0.877. The van der Waals surface area contributed by atoms with Crippen LogP contribution in [0.25, 0.3) is 0 Å². The molecule has 5 nitrogen and oxygen atoms in total. The standard InChI is InChI=1S/C20H21NO4/c1-20(19(23)24,15-8-3-2-4-9-15)13-21-18(22)17-16-10-6-5-7-14(16)11-12-25-17/h2-10,17H,11-13H2,1H3,(H,21,22)(H,23,24). The summed E-state index contributed by atoms with van der Waals surface area (Å²) in [5.41, 5.74) is 1.39. The number of aliphatic carboxylic acids is 1. The summed E-state index contributed by atoms with van der Waals surface area (Å²) in [5, 5.41) is 12.5. The lowest BCUT2D eigenvalue weighted by atomic mass is 9.82. The number of carbonyl (C=O) groups excluding carboxylic acids is 1. The topological polar surface area (TPSA) is 75.6 Å². The summed E-state index contributed by atoms with van der Waals surface area (Å²) in [6.07, 6.45) is 0.0790. The van der Waals surface area contributed by atoms with Crippen LogP contribution in [0.5, 0.6) is 0 Å². The van der Waals surface area contributed by atoms with Gasteiger partial charge in [-0.2, -0.15) is 0 Å². The van der Waals surface area contributed by atoms with Crippen molar-refractivity contribution in [1.29, 1.82) is 0 Å². The molecule has 2 aromatic carbocycles. The van der Waals surface area contributed by atoms with Crippen molar-refractivity contribution in [3.63, 3.8) is 0 Å². The minimum Gasteiger partial charge on any atom is -0.481 e. The van der Waals surface area contributed by atoms with Crippen LogP contribution in [0.4, 0.5) is 0 Å². The number of rotatable bonds is 5. The molecule has 2 N–H and O–H groups in total. The lowest BCUT2D eigenvalue weighted by Gasteiger charge is -2.29. The Kier molecular flexibility index (Phi) is 4.86. The second-order valence-electron chi connectivity index (χ2n) is 6.42. The van der Waals surface area contributed by atoms with Crippen LogP contribution in [-0.4, -0.2) is 30.1 Å². The highest BCUT2D eigenvalue weighted by molar-refractivity contribution is 5.85. The largest absolute Gasteiger partial charge is 0.481 e. The number of ether oxygens (including phenoxy) is 1. The van der Waals surface area contributed by atoms with Gasteiger partial charge in [-0.25, -0.2) is 0 Å². The maximum Gasteiger partial charge on any atom is 0.315 e. The maximum absolute atomic E-state index is 12.6. The minimum atomic E-state index is -1.20. The molecular weight excluding hydrogens is 318 g/mol. The molecule has 2 unspecified atom stereocenters. The fourth-order valence-corrected chi connectivity index (χ4v) is 3.07. The zero-order chi connectivity index (χ0) is 17.9. The number of benzene rings is 2. The molecule has 0 aromatic heterocycles. The summed E-state index contributed by atoms with van der Waals surface area (Å²) in [4.78, 5) is 24.5. The molecule has 25 heavy (non-hydrogen) atoms. The first kappa shape index (κ1) is 17.2. The van der Waals surface area contributed by atoms with E-state index in [1.807, 2.05) is 30.3 Å². The van der Waals surface area contributed by atoms with Crippen molar-refractivity contribution < 1.29 is 19.4 Å². The van der Waals surface area contributed by atoms with E-state index >= 15 is 0 Å². The minimum absolute atomic E-state index is 0.00674. The zero-order valence-electron chi connectivity index (χ0n) is 14.1. The van der Waals surface area contributed by atoms with Crippen LogP contribution in [0.15, 0.2) is 54.6 Å². The highest BCUT2D eigenvalue weighted by Crippen LogP contribution is 2.28. The van der Waals surface area contributed by atoms with E-state index in [9.17, 15) is 14.7 Å². The Hall–Kier alpha value is -2.66. The van der Waals surface area contributed by atoms with Gasteiger partial charge in [-0.3, -0.25) is 9.59 Å². The molecule has 2 atom stereocenters. The number of hydrogen-bond donors (Lipinski definition) is 2. The van der Waals surface area contributed by atoms with E-state index in [1.165, 1.54) is 0 Å². The first-order valence-corrected chi connectivity index (χ1v) is 8.28. The van der Waals surface area contributed by atoms with Crippen LogP contribution in [0, 0.1) is 0 Å². The molecule has 0 radical (unpaired) electrons. The third-order valence-electron chi connectivity index (χ3n) is 4.73. The molecule has 1 amide bonds. The molecule has 2 aromatic rings. The summed E-state index contributed by atoms with van der Waals surface area (Å²) < 4.78 is 5.64. The summed E-state index contributed by atoms with van der Waals surface area (Å²) in [6, 6.07) is 16.6. The molecule has 0 saturated heterocycles. The highest BCUT2D eigenvalue weighted by atomic mass is 16.5. The summed E-state index contributed by atoms with van der Waals surface area (Å²) in [6.45, 7) is 2.08. The molecule has 130 valence electrons. The number of carboxylic acid groups (broad SMARTS) is 1. The maximum atomic E-state index is 12.6. The van der Waals surface area contributed by atoms with Gasteiger partial charge in [-0.15, -0.1) is 0 Å². The average molecular weight is 339 g/mol. The summed E-state index contributed by atoms with van der Waals surface area (Å²) >= 11 is 0. The van der Waals surface area contributed by atoms with Crippen LogP contribution >= 0.6 is 0 Å². The van der Waals surface area contributed by atoms with Crippen molar-refractivity contribution in [1.82, 2.24) is 5.32 Å². The SMILES string of the molecule is CC(CNC(=O)C1OCCc2ccccc21)(C(=O)O)c1ccccc1. The predicted octanol–water partition coefficient (Wildman–Crippen LogP) is 2.46. The van der Waals surface area contributed by atoms with Crippen molar-refractivity contribution in [2.75, 3.05) is 13.2 Å². The van der Waals surface area contributed by atoms with Crippen LogP contribution in [0.2, 0.25) is 0 Å². The van der Waals surface area contributed by atoms with Gasteiger partial charge in [-0.1, -0.05) is 54.6 Å². The van der Waals surface area contributed by atoms with Gasteiger partial charge in [0.1, 0.15) is 5.41 Å². The molecule has 3 rings (SSSR count). The van der Waals surface area contributed by atoms with E-state index in [4.69, 9.17) is 4.74 Å². The first-order chi connectivity index (χ1) is 12.0. The van der Waals surface area contributed by atoms with Gasteiger partial charge in [0.05, 0.1) is 6.61 Å². The van der Waals surface area contributed by atoms with Gasteiger partial charge in [-0.05, 0) is 30.0 Å². The van der Waals surface area contributed by atoms with Gasteiger partial charge in [0, 0.05) is 6.54 Å². The highest BCUT2D eigenvalue weighted by Gasteiger charge is 2.37. The van der Waals surface area contributed by atoms with Crippen LogP contribution in [-0.2, 0) is 26.2 Å². The van der Waals surface area contributed by atoms with Crippen LogP contribution in [0.3, 0.4) is 0 Å². The van der Waals surface area contributed by atoms with E-state index in [0.717, 1.165) is 17.5 Å². The van der Waals surface area contributed by atoms with Gasteiger partial charge in [0.25, 0.3) is 5.91 Å². The number of fused-ring (bicyclic) bond motifs is 1. The fraction of sp³-hybridized carbons (Fsp3) is 0.300. The Balaban J connectivity index is 1.76. The normalized spacial score (nSPS) is 18.7. The van der Waals surface area contributed by atoms with Gasteiger partial charge >= 0.3 is 5.97 Å². The molecule has 1 aliphatic heterocycles. The van der Waals surface area contributed by atoms with Gasteiger partial charge in [0.15, 0.2) is 6.10 Å². The Labute approximate surface area is 146 Å². The van der Waals surface area contributed by atoms with Crippen molar-refractivity contribution in [3.05, 3.63) is 71.3 Å². The number of amides is 1. The third-order valence-corrected chi connectivity index (χ3v) is 4.73. The molecule has 0 spiro atoms. The van der Waals surface area contributed by atoms with Gasteiger partial charge in [0.2, 0.25) is 0 Å². The molecule has 1 heterocycles. The smallest absolute Gasteiger partial charge is 0.315 e. The number of carbonyl (C=O) groups is 2. The second-order valence-corrected chi connectivity index (χ2v) is 6.42. The lowest BCUT2D eigenvalue weighted by Crippen LogP contribution is -2.46. The van der Waals surface area contributed by atoms with Crippen molar-refractivity contribution in [2.24, 2.45) is 0 Å². The molecule has 0 aliphatic carbocycles. The number of hydrogen-bond acceptors (Lipinski definition) is 3. The summed E-state index contributed by atoms with van der Waals surface area (Å²) in [7, 11) is 0. The van der Waals surface area contributed by atoms with E-state index in [1.54, 1.807) is 31.2 Å². The molecule has 0 saturated carbocycles. The van der Waals surface area contributed by atoms with Crippen molar-refractivity contribution in [2.45, 2.75) is 24.9 Å². The Morgan fingerprint density at radius 3 is 2.56 bits per heavy atom. The van der Waals surface area contributed by atoms with E-state index in [-0.39, 0.29) is 12.5 Å². The first-order valence-electron chi connectivity index (χ1n) is 8.28. The second kappa shape index (κ2) is 7.07. The van der Waals surface area contributed by atoms with E-state index in [0.29, 0.717) is 12.2 Å². The Bertz CT molecular complexity index is 774. The third kappa shape index (κ3) is 3.42.